The highest BCUT2D eigenvalue weighted by molar-refractivity contribution is 7.98. The van der Waals surface area contributed by atoms with Crippen LogP contribution >= 0.6 is 11.8 Å². The molecule has 1 heterocycles. The summed E-state index contributed by atoms with van der Waals surface area (Å²) in [7, 11) is 0. The second-order valence-corrected chi connectivity index (χ2v) is 9.29. The molecule has 2 aromatic carbocycles. The highest BCUT2D eigenvalue weighted by atomic mass is 32.2. The quantitative estimate of drug-likeness (QED) is 0.549. The van der Waals surface area contributed by atoms with Crippen LogP contribution in [-0.4, -0.2) is 78.3 Å². The Morgan fingerprint density at radius 2 is 1.80 bits per heavy atom. The molecule has 2 aromatic rings. The zero-order chi connectivity index (χ0) is 25.2. The third-order valence-electron chi connectivity index (χ3n) is 5.72. The van der Waals surface area contributed by atoms with E-state index in [1.165, 1.54) is 6.07 Å². The van der Waals surface area contributed by atoms with E-state index in [1.807, 2.05) is 17.2 Å². The van der Waals surface area contributed by atoms with Crippen molar-refractivity contribution in [2.75, 3.05) is 50.0 Å². The number of anilines is 1. The van der Waals surface area contributed by atoms with Crippen molar-refractivity contribution in [3.05, 3.63) is 65.7 Å². The highest BCUT2D eigenvalue weighted by Gasteiger charge is 2.28. The molecule has 3 rings (SSSR count). The Labute approximate surface area is 208 Å². The summed E-state index contributed by atoms with van der Waals surface area (Å²) in [6, 6.07) is 11.1. The third kappa shape index (κ3) is 8.03. The van der Waals surface area contributed by atoms with Crippen molar-refractivity contribution in [2.24, 2.45) is 0 Å². The molecule has 188 valence electrons. The fraction of sp³-hybridized carbons (Fsp3) is 0.400. The van der Waals surface area contributed by atoms with Crippen LogP contribution in [-0.2, 0) is 9.59 Å². The summed E-state index contributed by atoms with van der Waals surface area (Å²) in [5, 5.41) is 5.35. The van der Waals surface area contributed by atoms with Crippen molar-refractivity contribution in [1.29, 1.82) is 0 Å². The van der Waals surface area contributed by atoms with Crippen molar-refractivity contribution in [3.63, 3.8) is 0 Å². The smallest absolute Gasteiger partial charge is 0.251 e. The second-order valence-electron chi connectivity index (χ2n) is 8.30. The zero-order valence-corrected chi connectivity index (χ0v) is 20.5. The van der Waals surface area contributed by atoms with Crippen molar-refractivity contribution in [2.45, 2.75) is 18.9 Å². The number of nitrogens with zero attached hydrogens (tertiary/aromatic N) is 2. The normalized spacial score (nSPS) is 15.2. The fourth-order valence-electron chi connectivity index (χ4n) is 3.88. The first-order valence-electron chi connectivity index (χ1n) is 11.5. The number of thioether (sulfide) groups is 1. The van der Waals surface area contributed by atoms with Gasteiger partial charge in [-0.25, -0.2) is 8.78 Å². The van der Waals surface area contributed by atoms with Gasteiger partial charge in [0, 0.05) is 37.8 Å². The Bertz CT molecular complexity index is 1030. The predicted molar refractivity (Wildman–Crippen MR) is 133 cm³/mol. The van der Waals surface area contributed by atoms with Gasteiger partial charge in [0.25, 0.3) is 5.91 Å². The summed E-state index contributed by atoms with van der Waals surface area (Å²) in [4.78, 5) is 41.9. The molecule has 0 bridgehead atoms. The van der Waals surface area contributed by atoms with Crippen LogP contribution in [0, 0.1) is 11.6 Å². The maximum atomic E-state index is 13.8. The van der Waals surface area contributed by atoms with Gasteiger partial charge in [0.1, 0.15) is 17.7 Å². The van der Waals surface area contributed by atoms with Gasteiger partial charge in [-0.05, 0) is 49.1 Å². The van der Waals surface area contributed by atoms with Crippen molar-refractivity contribution in [1.82, 2.24) is 15.1 Å². The molecular weight excluding hydrogens is 474 g/mol. The third-order valence-corrected chi connectivity index (χ3v) is 6.37. The van der Waals surface area contributed by atoms with Crippen LogP contribution in [0.2, 0.25) is 0 Å². The summed E-state index contributed by atoms with van der Waals surface area (Å²) in [5.41, 5.74) is 0.425. The number of benzene rings is 2. The number of nitrogens with one attached hydrogen (secondary N) is 2. The van der Waals surface area contributed by atoms with Gasteiger partial charge < -0.3 is 15.5 Å². The standard InChI is InChI=1S/C25H30F2N4O3S/c1-35-15-10-22(29-24(33)18-6-3-2-4-7-18)25(34)31-12-5-11-30(13-14-31)17-23(32)28-21-9-8-19(26)16-20(21)27/h2-4,6-9,16,22H,5,10-15,17H2,1H3,(H,28,32)(H,29,33). The Morgan fingerprint density at radius 3 is 2.51 bits per heavy atom. The Kier molecular flexibility index (Phi) is 10.0. The van der Waals surface area contributed by atoms with E-state index >= 15 is 0 Å². The average molecular weight is 505 g/mol. The minimum atomic E-state index is -0.833. The van der Waals surface area contributed by atoms with E-state index < -0.39 is 23.6 Å². The van der Waals surface area contributed by atoms with Gasteiger partial charge in [0.05, 0.1) is 12.2 Å². The molecule has 2 N–H and O–H groups in total. The van der Waals surface area contributed by atoms with Gasteiger partial charge in [-0.1, -0.05) is 18.2 Å². The molecule has 35 heavy (non-hydrogen) atoms. The summed E-state index contributed by atoms with van der Waals surface area (Å²) < 4.78 is 26.9. The van der Waals surface area contributed by atoms with E-state index in [0.29, 0.717) is 44.6 Å². The fourth-order valence-corrected chi connectivity index (χ4v) is 4.35. The van der Waals surface area contributed by atoms with E-state index in [4.69, 9.17) is 0 Å². The molecule has 1 aliphatic heterocycles. The molecular formula is C25H30F2N4O3S. The largest absolute Gasteiger partial charge is 0.340 e. The number of hydrogen-bond donors (Lipinski definition) is 2. The van der Waals surface area contributed by atoms with E-state index in [-0.39, 0.29) is 24.0 Å². The van der Waals surface area contributed by atoms with Crippen LogP contribution in [0.4, 0.5) is 14.5 Å². The molecule has 10 heteroatoms. The number of halogens is 2. The van der Waals surface area contributed by atoms with Gasteiger partial charge in [-0.2, -0.15) is 11.8 Å². The molecule has 7 nitrogen and oxygen atoms in total. The molecule has 0 spiro atoms. The lowest BCUT2D eigenvalue weighted by molar-refractivity contribution is -0.133. The van der Waals surface area contributed by atoms with Crippen LogP contribution in [0.5, 0.6) is 0 Å². The lowest BCUT2D eigenvalue weighted by atomic mass is 10.1. The number of amides is 3. The van der Waals surface area contributed by atoms with Crippen LogP contribution in [0.15, 0.2) is 48.5 Å². The first kappa shape index (κ1) is 26.6. The van der Waals surface area contributed by atoms with Gasteiger partial charge in [0.2, 0.25) is 11.8 Å². The summed E-state index contributed by atoms with van der Waals surface area (Å²) in [5.74, 6) is -1.66. The summed E-state index contributed by atoms with van der Waals surface area (Å²) in [6.07, 6.45) is 3.13. The number of rotatable bonds is 9. The molecule has 1 atom stereocenters. The molecule has 0 aliphatic carbocycles. The molecule has 3 amide bonds. The second kappa shape index (κ2) is 13.2. The van der Waals surface area contributed by atoms with E-state index in [2.05, 4.69) is 10.6 Å². The van der Waals surface area contributed by atoms with Crippen LogP contribution < -0.4 is 10.6 Å². The summed E-state index contributed by atoms with van der Waals surface area (Å²) in [6.45, 7) is 2.01. The lowest BCUT2D eigenvalue weighted by Crippen LogP contribution is -2.50. The van der Waals surface area contributed by atoms with Gasteiger partial charge in [-0.3, -0.25) is 19.3 Å². The molecule has 1 fully saturated rings. The van der Waals surface area contributed by atoms with Crippen LogP contribution in [0.3, 0.4) is 0 Å². The minimum Gasteiger partial charge on any atom is -0.340 e. The van der Waals surface area contributed by atoms with E-state index in [9.17, 15) is 23.2 Å². The molecule has 0 aromatic heterocycles. The minimum absolute atomic E-state index is 0.0273. The maximum Gasteiger partial charge on any atom is 0.251 e. The molecule has 1 unspecified atom stereocenters. The molecule has 0 radical (unpaired) electrons. The predicted octanol–water partition coefficient (Wildman–Crippen LogP) is 2.99. The monoisotopic (exact) mass is 504 g/mol. The zero-order valence-electron chi connectivity index (χ0n) is 19.6. The van der Waals surface area contributed by atoms with E-state index in [1.54, 1.807) is 40.9 Å². The first-order chi connectivity index (χ1) is 16.9. The average Bonchev–Trinajstić information content (AvgIpc) is 3.09. The van der Waals surface area contributed by atoms with Crippen molar-refractivity contribution in [3.8, 4) is 0 Å². The Hall–Kier alpha value is -2.98. The van der Waals surface area contributed by atoms with Gasteiger partial charge >= 0.3 is 0 Å². The van der Waals surface area contributed by atoms with Crippen LogP contribution in [0.25, 0.3) is 0 Å². The SMILES string of the molecule is CSCCC(NC(=O)c1ccccc1)C(=O)N1CCCN(CC(=O)Nc2ccc(F)cc2F)CC1. The highest BCUT2D eigenvalue weighted by Crippen LogP contribution is 2.15. The maximum absolute atomic E-state index is 13.8. The number of carbonyl (C=O) groups excluding carboxylic acids is 3. The number of carbonyl (C=O) groups is 3. The molecule has 0 saturated carbocycles. The Balaban J connectivity index is 1.56. The molecule has 1 aliphatic rings. The lowest BCUT2D eigenvalue weighted by Gasteiger charge is -2.27. The van der Waals surface area contributed by atoms with Crippen molar-refractivity contribution < 1.29 is 23.2 Å². The van der Waals surface area contributed by atoms with Gasteiger partial charge in [-0.15, -0.1) is 0 Å². The van der Waals surface area contributed by atoms with Crippen LogP contribution in [0.1, 0.15) is 23.2 Å². The topological polar surface area (TPSA) is 81.8 Å². The van der Waals surface area contributed by atoms with Crippen molar-refractivity contribution >= 4 is 35.2 Å². The Morgan fingerprint density at radius 1 is 1.03 bits per heavy atom. The number of hydrogen-bond acceptors (Lipinski definition) is 5. The first-order valence-corrected chi connectivity index (χ1v) is 12.9. The van der Waals surface area contributed by atoms with Gasteiger partial charge in [0.15, 0.2) is 0 Å². The molecule has 1 saturated heterocycles. The summed E-state index contributed by atoms with van der Waals surface area (Å²) >= 11 is 1.61. The van der Waals surface area contributed by atoms with E-state index in [0.717, 1.165) is 17.9 Å².